The van der Waals surface area contributed by atoms with Gasteiger partial charge in [-0.1, -0.05) is 12.1 Å². The van der Waals surface area contributed by atoms with Crippen molar-refractivity contribution in [2.24, 2.45) is 0 Å². The van der Waals surface area contributed by atoms with E-state index in [0.717, 1.165) is 15.2 Å². The lowest BCUT2D eigenvalue weighted by Gasteiger charge is -2.28. The van der Waals surface area contributed by atoms with E-state index in [1.54, 1.807) is 16.2 Å². The molecule has 0 bridgehead atoms. The van der Waals surface area contributed by atoms with Gasteiger partial charge in [-0.3, -0.25) is 14.5 Å². The van der Waals surface area contributed by atoms with Crippen molar-refractivity contribution < 1.29 is 9.59 Å². The van der Waals surface area contributed by atoms with Crippen LogP contribution in [0.2, 0.25) is 0 Å². The van der Waals surface area contributed by atoms with Crippen molar-refractivity contribution >= 4 is 33.4 Å². The number of benzene rings is 1. The van der Waals surface area contributed by atoms with Crippen LogP contribution in [0.3, 0.4) is 0 Å². The maximum atomic E-state index is 12.2. The Balaban J connectivity index is 1.58. The first-order valence-corrected chi connectivity index (χ1v) is 8.01. The summed E-state index contributed by atoms with van der Waals surface area (Å²) >= 11 is 1.65. The lowest BCUT2D eigenvalue weighted by atomic mass is 10.3. The van der Waals surface area contributed by atoms with Crippen LogP contribution in [0, 0.1) is 0 Å². The van der Waals surface area contributed by atoms with Gasteiger partial charge in [-0.25, -0.2) is 4.98 Å². The highest BCUT2D eigenvalue weighted by atomic mass is 32.1. The smallest absolute Gasteiger partial charge is 0.239 e. The number of piperazine rings is 1. The third kappa shape index (κ3) is 3.42. The zero-order chi connectivity index (χ0) is 15.5. The molecule has 0 atom stereocenters. The van der Waals surface area contributed by atoms with Crippen LogP contribution in [0.4, 0.5) is 0 Å². The molecule has 0 saturated carbocycles. The molecule has 2 heterocycles. The van der Waals surface area contributed by atoms with Gasteiger partial charge in [0.2, 0.25) is 11.8 Å². The molecule has 1 fully saturated rings. The molecule has 6 nitrogen and oxygen atoms in total. The van der Waals surface area contributed by atoms with E-state index in [2.05, 4.69) is 10.3 Å². The molecular formula is C15H18N4O2S. The van der Waals surface area contributed by atoms with E-state index < -0.39 is 0 Å². The molecule has 0 aliphatic carbocycles. The number of nitrogens with zero attached hydrogens (tertiary/aromatic N) is 3. The summed E-state index contributed by atoms with van der Waals surface area (Å²) in [5.41, 5.74) is 0.995. The first-order chi connectivity index (χ1) is 10.6. The topological polar surface area (TPSA) is 65.5 Å². The first-order valence-electron chi connectivity index (χ1n) is 7.19. The molecular weight excluding hydrogens is 300 g/mol. The van der Waals surface area contributed by atoms with Crippen molar-refractivity contribution in [2.45, 2.75) is 6.54 Å². The van der Waals surface area contributed by atoms with E-state index in [9.17, 15) is 9.59 Å². The number of likely N-dealkylation sites (N-methyl/N-ethyl adjacent to an activating group) is 1. The van der Waals surface area contributed by atoms with Crippen molar-refractivity contribution in [3.05, 3.63) is 29.3 Å². The van der Waals surface area contributed by atoms with Crippen LogP contribution < -0.4 is 5.32 Å². The molecule has 22 heavy (non-hydrogen) atoms. The van der Waals surface area contributed by atoms with Gasteiger partial charge in [0.1, 0.15) is 5.01 Å². The van der Waals surface area contributed by atoms with E-state index in [0.29, 0.717) is 26.2 Å². The van der Waals surface area contributed by atoms with E-state index in [4.69, 9.17) is 0 Å². The Morgan fingerprint density at radius 3 is 3.05 bits per heavy atom. The summed E-state index contributed by atoms with van der Waals surface area (Å²) < 4.78 is 1.16. The maximum Gasteiger partial charge on any atom is 0.239 e. The number of nitrogens with one attached hydrogen (secondary N) is 1. The minimum absolute atomic E-state index is 0.0153. The van der Waals surface area contributed by atoms with Crippen molar-refractivity contribution in [3.63, 3.8) is 0 Å². The maximum absolute atomic E-state index is 12.2. The largest absolute Gasteiger partial charge is 0.353 e. The van der Waals surface area contributed by atoms with Crippen LogP contribution in [-0.2, 0) is 16.1 Å². The Labute approximate surface area is 132 Å². The van der Waals surface area contributed by atoms with Crippen LogP contribution >= 0.6 is 11.3 Å². The highest BCUT2D eigenvalue weighted by Gasteiger charge is 2.22. The second-order valence-corrected chi connectivity index (χ2v) is 6.53. The Kier molecular flexibility index (Phi) is 4.35. The van der Waals surface area contributed by atoms with Crippen molar-refractivity contribution in [3.8, 4) is 0 Å². The van der Waals surface area contributed by atoms with Gasteiger partial charge in [-0.2, -0.15) is 0 Å². The normalized spacial score (nSPS) is 15.4. The molecule has 2 amide bonds. The molecule has 0 unspecified atom stereocenters. The lowest BCUT2D eigenvalue weighted by molar-refractivity contribution is -0.138. The Hall–Kier alpha value is -1.99. The minimum Gasteiger partial charge on any atom is -0.353 e. The molecule has 3 rings (SSSR count). The number of para-hydroxylation sites is 1. The summed E-state index contributed by atoms with van der Waals surface area (Å²) in [6.45, 7) is 2.20. The molecule has 1 aromatic heterocycles. The van der Waals surface area contributed by atoms with Gasteiger partial charge in [0.05, 0.1) is 29.9 Å². The third-order valence-corrected chi connectivity index (χ3v) is 4.56. The number of carbonyl (C=O) groups is 2. The Morgan fingerprint density at radius 1 is 1.45 bits per heavy atom. The molecule has 1 aliphatic heterocycles. The Morgan fingerprint density at radius 2 is 2.27 bits per heavy atom. The molecule has 1 aromatic carbocycles. The van der Waals surface area contributed by atoms with Gasteiger partial charge >= 0.3 is 0 Å². The summed E-state index contributed by atoms with van der Waals surface area (Å²) in [4.78, 5) is 31.6. The average Bonchev–Trinajstić information content (AvgIpc) is 2.89. The predicted molar refractivity (Wildman–Crippen MR) is 85.5 cm³/mol. The summed E-state index contributed by atoms with van der Waals surface area (Å²) in [5.74, 6) is -0.105. The minimum atomic E-state index is -0.0894. The molecule has 1 N–H and O–H groups in total. The summed E-state index contributed by atoms with van der Waals surface area (Å²) in [5, 5.41) is 3.71. The standard InChI is InChI=1S/C15H18N4O2S/c1-18(10-15(21)19-7-6-16-13(20)8-19)9-14-17-11-4-2-3-5-12(11)22-14/h2-5H,6-10H2,1H3,(H,16,20). The second kappa shape index (κ2) is 6.41. The van der Waals surface area contributed by atoms with Gasteiger partial charge < -0.3 is 10.2 Å². The van der Waals surface area contributed by atoms with Gasteiger partial charge in [0.15, 0.2) is 0 Å². The number of carbonyl (C=O) groups excluding carboxylic acids is 2. The molecule has 0 radical (unpaired) electrons. The molecule has 2 aromatic rings. The molecule has 7 heteroatoms. The van der Waals surface area contributed by atoms with Crippen LogP contribution in [0.1, 0.15) is 5.01 Å². The van der Waals surface area contributed by atoms with Crippen molar-refractivity contribution in [1.82, 2.24) is 20.1 Å². The number of hydrogen-bond donors (Lipinski definition) is 1. The summed E-state index contributed by atoms with van der Waals surface area (Å²) in [6, 6.07) is 8.01. The number of hydrogen-bond acceptors (Lipinski definition) is 5. The molecule has 116 valence electrons. The molecule has 1 aliphatic rings. The van der Waals surface area contributed by atoms with E-state index in [-0.39, 0.29) is 18.4 Å². The molecule has 0 spiro atoms. The highest BCUT2D eigenvalue weighted by Crippen LogP contribution is 2.22. The summed E-state index contributed by atoms with van der Waals surface area (Å²) in [7, 11) is 1.90. The predicted octanol–water partition coefficient (Wildman–Crippen LogP) is 0.687. The fourth-order valence-electron chi connectivity index (χ4n) is 2.46. The van der Waals surface area contributed by atoms with Crippen LogP contribution in [0.25, 0.3) is 10.2 Å². The third-order valence-electron chi connectivity index (χ3n) is 3.54. The van der Waals surface area contributed by atoms with E-state index >= 15 is 0 Å². The van der Waals surface area contributed by atoms with Crippen LogP contribution in [0.15, 0.2) is 24.3 Å². The lowest BCUT2D eigenvalue weighted by Crippen LogP contribution is -2.52. The zero-order valence-electron chi connectivity index (χ0n) is 12.4. The van der Waals surface area contributed by atoms with Gasteiger partial charge in [0.25, 0.3) is 0 Å². The molecule has 1 saturated heterocycles. The zero-order valence-corrected chi connectivity index (χ0v) is 13.2. The SMILES string of the molecule is CN(CC(=O)N1CCNC(=O)C1)Cc1nc2ccccc2s1. The fourth-order valence-corrected chi connectivity index (χ4v) is 3.50. The van der Waals surface area contributed by atoms with Crippen molar-refractivity contribution in [2.75, 3.05) is 33.2 Å². The van der Waals surface area contributed by atoms with E-state index in [1.807, 2.05) is 36.2 Å². The second-order valence-electron chi connectivity index (χ2n) is 5.41. The van der Waals surface area contributed by atoms with Crippen LogP contribution in [-0.4, -0.2) is 59.8 Å². The number of rotatable bonds is 4. The summed E-state index contributed by atoms with van der Waals surface area (Å²) in [6.07, 6.45) is 0. The Bertz CT molecular complexity index is 667. The van der Waals surface area contributed by atoms with Crippen LogP contribution in [0.5, 0.6) is 0 Å². The fraction of sp³-hybridized carbons (Fsp3) is 0.400. The van der Waals surface area contributed by atoms with Gasteiger partial charge in [-0.15, -0.1) is 11.3 Å². The number of aromatic nitrogens is 1. The first kappa shape index (κ1) is 14.9. The number of amides is 2. The quantitative estimate of drug-likeness (QED) is 0.901. The average molecular weight is 318 g/mol. The van der Waals surface area contributed by atoms with Gasteiger partial charge in [0, 0.05) is 13.1 Å². The number of thiazole rings is 1. The van der Waals surface area contributed by atoms with E-state index in [1.165, 1.54) is 0 Å². The monoisotopic (exact) mass is 318 g/mol. The highest BCUT2D eigenvalue weighted by molar-refractivity contribution is 7.18. The van der Waals surface area contributed by atoms with Crippen molar-refractivity contribution in [1.29, 1.82) is 0 Å². The van der Waals surface area contributed by atoms with Gasteiger partial charge in [-0.05, 0) is 19.2 Å². The number of fused-ring (bicyclic) bond motifs is 1.